The number of hydrogen-bond donors (Lipinski definition) is 1. The highest BCUT2D eigenvalue weighted by Gasteiger charge is 2.13. The molecule has 0 unspecified atom stereocenters. The second-order valence-electron chi connectivity index (χ2n) is 5.90. The first-order valence-electron chi connectivity index (χ1n) is 8.39. The number of esters is 1. The highest BCUT2D eigenvalue weighted by Crippen LogP contribution is 2.24. The third-order valence-electron chi connectivity index (χ3n) is 3.80. The minimum atomic E-state index is -0.555. The molecule has 0 radical (unpaired) electrons. The predicted molar refractivity (Wildman–Crippen MR) is 122 cm³/mol. The summed E-state index contributed by atoms with van der Waals surface area (Å²) in [7, 11) is 0. The van der Waals surface area contributed by atoms with Gasteiger partial charge in [0.05, 0.1) is 22.4 Å². The van der Waals surface area contributed by atoms with E-state index in [-0.39, 0.29) is 16.3 Å². The fourth-order valence-electron chi connectivity index (χ4n) is 2.35. The number of ether oxygens (including phenoxy) is 1. The van der Waals surface area contributed by atoms with E-state index in [1.165, 1.54) is 18.3 Å². The Morgan fingerprint density at radius 2 is 1.63 bits per heavy atom. The molecule has 30 heavy (non-hydrogen) atoms. The van der Waals surface area contributed by atoms with Crippen molar-refractivity contribution in [2.75, 3.05) is 0 Å². The lowest BCUT2D eigenvalue weighted by Crippen LogP contribution is -2.18. The number of halogens is 4. The largest absolute Gasteiger partial charge is 0.422 e. The molecule has 0 saturated heterocycles. The van der Waals surface area contributed by atoms with Crippen molar-refractivity contribution in [3.63, 3.8) is 0 Å². The van der Waals surface area contributed by atoms with E-state index in [1.807, 2.05) is 0 Å². The molecule has 5 nitrogen and oxygen atoms in total. The first kappa shape index (κ1) is 22.3. The van der Waals surface area contributed by atoms with E-state index in [1.54, 1.807) is 48.5 Å². The van der Waals surface area contributed by atoms with Crippen molar-refractivity contribution < 1.29 is 14.3 Å². The molecule has 0 heterocycles. The average Bonchev–Trinajstić information content (AvgIpc) is 2.70. The minimum absolute atomic E-state index is 0.204. The summed E-state index contributed by atoms with van der Waals surface area (Å²) in [5.41, 5.74) is 3.41. The molecule has 0 bridgehead atoms. The van der Waals surface area contributed by atoms with Crippen LogP contribution in [-0.4, -0.2) is 18.1 Å². The summed E-state index contributed by atoms with van der Waals surface area (Å²) in [6.45, 7) is 0. The van der Waals surface area contributed by atoms with Crippen molar-refractivity contribution in [2.24, 2.45) is 5.10 Å². The first-order chi connectivity index (χ1) is 14.3. The highest BCUT2D eigenvalue weighted by atomic mass is 79.9. The van der Waals surface area contributed by atoms with E-state index < -0.39 is 11.9 Å². The maximum atomic E-state index is 12.4. The van der Waals surface area contributed by atoms with Crippen LogP contribution in [0.25, 0.3) is 0 Å². The van der Waals surface area contributed by atoms with E-state index in [0.29, 0.717) is 21.2 Å². The molecule has 0 atom stereocenters. The molecule has 9 heteroatoms. The number of amides is 1. The van der Waals surface area contributed by atoms with E-state index in [0.717, 1.165) is 4.47 Å². The van der Waals surface area contributed by atoms with Gasteiger partial charge in [-0.15, -0.1) is 0 Å². The topological polar surface area (TPSA) is 67.8 Å². The van der Waals surface area contributed by atoms with Crippen molar-refractivity contribution in [1.82, 2.24) is 5.43 Å². The first-order valence-corrected chi connectivity index (χ1v) is 10.3. The van der Waals surface area contributed by atoms with Crippen LogP contribution < -0.4 is 10.2 Å². The average molecular weight is 527 g/mol. The third kappa shape index (κ3) is 5.83. The quantitative estimate of drug-likeness (QED) is 0.181. The van der Waals surface area contributed by atoms with E-state index in [9.17, 15) is 9.59 Å². The van der Waals surface area contributed by atoms with Gasteiger partial charge in [0.15, 0.2) is 0 Å². The maximum Gasteiger partial charge on any atom is 0.343 e. The zero-order valence-corrected chi connectivity index (χ0v) is 18.9. The van der Waals surface area contributed by atoms with E-state index in [4.69, 9.17) is 39.5 Å². The van der Waals surface area contributed by atoms with Crippen molar-refractivity contribution in [1.29, 1.82) is 0 Å². The third-order valence-corrected chi connectivity index (χ3v) is 5.09. The zero-order valence-electron chi connectivity index (χ0n) is 15.0. The molecule has 0 spiro atoms. The number of rotatable bonds is 5. The van der Waals surface area contributed by atoms with Crippen LogP contribution in [0.1, 0.15) is 26.3 Å². The van der Waals surface area contributed by atoms with Gasteiger partial charge >= 0.3 is 5.97 Å². The molecule has 0 aliphatic rings. The lowest BCUT2D eigenvalue weighted by atomic mass is 10.2. The molecule has 0 fully saturated rings. The van der Waals surface area contributed by atoms with Crippen molar-refractivity contribution in [2.45, 2.75) is 0 Å². The smallest absolute Gasteiger partial charge is 0.343 e. The van der Waals surface area contributed by atoms with Gasteiger partial charge in [-0.3, -0.25) is 4.79 Å². The van der Waals surface area contributed by atoms with Gasteiger partial charge in [-0.25, -0.2) is 10.2 Å². The number of benzene rings is 3. The molecule has 3 aromatic rings. The molecule has 3 aromatic carbocycles. The fourth-order valence-corrected chi connectivity index (χ4v) is 3.35. The van der Waals surface area contributed by atoms with Crippen LogP contribution in [-0.2, 0) is 0 Å². The fraction of sp³-hybridized carbons (Fsp3) is 0. The summed E-state index contributed by atoms with van der Waals surface area (Å²) in [6.07, 6.45) is 1.36. The summed E-state index contributed by atoms with van der Waals surface area (Å²) in [5, 5.41) is 5.06. The molecule has 1 N–H and O–H groups in total. The lowest BCUT2D eigenvalue weighted by molar-refractivity contribution is 0.0734. The number of hydrazone groups is 1. The predicted octanol–water partition coefficient (Wildman–Crippen LogP) is 6.39. The van der Waals surface area contributed by atoms with Gasteiger partial charge in [-0.2, -0.15) is 5.10 Å². The second-order valence-corrected chi connectivity index (χ2v) is 8.10. The standard InChI is InChI=1S/C21H12BrCl3N2O3/c22-14-3-8-19(30-21(29)12-1-4-15(23)5-2-12)13(9-14)11-26-27-20(28)17-7-6-16(24)10-18(17)25/h1-11H,(H,27,28)/b26-11-. The van der Waals surface area contributed by atoms with Crippen LogP contribution >= 0.6 is 50.7 Å². The number of hydrogen-bond acceptors (Lipinski definition) is 4. The molecule has 152 valence electrons. The Hall–Kier alpha value is -2.38. The summed E-state index contributed by atoms with van der Waals surface area (Å²) in [5.74, 6) is -0.802. The molecule has 3 rings (SSSR count). The van der Waals surface area contributed by atoms with Crippen LogP contribution in [0.4, 0.5) is 0 Å². The van der Waals surface area contributed by atoms with Gasteiger partial charge in [0.25, 0.3) is 5.91 Å². The molecule has 0 aromatic heterocycles. The number of nitrogens with zero attached hydrogens (tertiary/aromatic N) is 1. The SMILES string of the molecule is O=C(Oc1ccc(Br)cc1/C=N\NC(=O)c1ccc(Cl)cc1Cl)c1ccc(Cl)cc1. The summed E-state index contributed by atoms with van der Waals surface area (Å²) >= 11 is 21.1. The van der Waals surface area contributed by atoms with Gasteiger partial charge in [0.1, 0.15) is 5.75 Å². The molecule has 0 saturated carbocycles. The molecule has 0 aliphatic carbocycles. The summed E-state index contributed by atoms with van der Waals surface area (Å²) in [6, 6.07) is 15.8. The summed E-state index contributed by atoms with van der Waals surface area (Å²) in [4.78, 5) is 24.6. The highest BCUT2D eigenvalue weighted by molar-refractivity contribution is 9.10. The van der Waals surface area contributed by atoms with Gasteiger partial charge in [-0.05, 0) is 60.7 Å². The van der Waals surface area contributed by atoms with Gasteiger partial charge in [0.2, 0.25) is 0 Å². The Bertz CT molecular complexity index is 1130. The molecular weight excluding hydrogens is 515 g/mol. The van der Waals surface area contributed by atoms with Crippen LogP contribution in [0, 0.1) is 0 Å². The van der Waals surface area contributed by atoms with Crippen molar-refractivity contribution in [3.8, 4) is 5.75 Å². The zero-order chi connectivity index (χ0) is 21.7. The number of nitrogens with one attached hydrogen (secondary N) is 1. The normalized spacial score (nSPS) is 10.8. The molecule has 1 amide bonds. The summed E-state index contributed by atoms with van der Waals surface area (Å²) < 4.78 is 6.20. The van der Waals surface area contributed by atoms with Gasteiger partial charge < -0.3 is 4.74 Å². The monoisotopic (exact) mass is 524 g/mol. The molecular formula is C21H12BrCl3N2O3. The van der Waals surface area contributed by atoms with Gasteiger partial charge in [-0.1, -0.05) is 50.7 Å². The Labute approximate surface area is 195 Å². The van der Waals surface area contributed by atoms with Crippen LogP contribution in [0.2, 0.25) is 15.1 Å². The van der Waals surface area contributed by atoms with E-state index in [2.05, 4.69) is 26.5 Å². The van der Waals surface area contributed by atoms with Crippen molar-refractivity contribution >= 4 is 68.8 Å². The van der Waals surface area contributed by atoms with Gasteiger partial charge in [0, 0.05) is 20.1 Å². The Morgan fingerprint density at radius 1 is 0.933 bits per heavy atom. The molecule has 0 aliphatic heterocycles. The van der Waals surface area contributed by atoms with Crippen LogP contribution in [0.3, 0.4) is 0 Å². The van der Waals surface area contributed by atoms with E-state index >= 15 is 0 Å². The minimum Gasteiger partial charge on any atom is -0.422 e. The van der Waals surface area contributed by atoms with Crippen LogP contribution in [0.15, 0.2) is 70.2 Å². The van der Waals surface area contributed by atoms with Crippen molar-refractivity contribution in [3.05, 3.63) is 96.9 Å². The Morgan fingerprint density at radius 3 is 2.33 bits per heavy atom. The lowest BCUT2D eigenvalue weighted by Gasteiger charge is -2.08. The van der Waals surface area contributed by atoms with Crippen LogP contribution in [0.5, 0.6) is 5.75 Å². The Kier molecular flexibility index (Phi) is 7.50. The second kappa shape index (κ2) is 10.1. The number of carbonyl (C=O) groups is 2. The maximum absolute atomic E-state index is 12.4. The number of carbonyl (C=O) groups excluding carboxylic acids is 2. The Balaban J connectivity index is 1.75.